The molecule has 1 unspecified atom stereocenters. The Hall–Kier alpha value is -2.56. The number of piperazine rings is 1. The molecule has 9 nitrogen and oxygen atoms in total. The SMILES string of the molecule is CCO[C@@H]1C[C@@H]2C(C(C)(C)C)N(C(=O)O)[C@H](C(=O)Nc3snnc3-c3ccccc3)CN2C1. The van der Waals surface area contributed by atoms with Crippen molar-refractivity contribution >= 4 is 28.5 Å². The molecule has 0 radical (unpaired) electrons. The average molecular weight is 474 g/mol. The molecule has 178 valence electrons. The quantitative estimate of drug-likeness (QED) is 0.685. The largest absolute Gasteiger partial charge is 0.465 e. The molecule has 2 aliphatic heterocycles. The molecule has 33 heavy (non-hydrogen) atoms. The van der Waals surface area contributed by atoms with Crippen molar-refractivity contribution in [1.82, 2.24) is 19.4 Å². The molecule has 10 heteroatoms. The summed E-state index contributed by atoms with van der Waals surface area (Å²) in [5, 5.41) is 17.8. The topological polar surface area (TPSA) is 108 Å². The minimum atomic E-state index is -1.08. The molecule has 2 amide bonds. The number of nitrogens with zero attached hydrogens (tertiary/aromatic N) is 4. The smallest absolute Gasteiger partial charge is 0.408 e. The van der Waals surface area contributed by atoms with Crippen molar-refractivity contribution in [3.8, 4) is 11.3 Å². The minimum Gasteiger partial charge on any atom is -0.465 e. The summed E-state index contributed by atoms with van der Waals surface area (Å²) in [7, 11) is 0. The molecule has 2 N–H and O–H groups in total. The predicted octanol–water partition coefficient (Wildman–Crippen LogP) is 3.40. The number of carbonyl (C=O) groups excluding carboxylic acids is 1. The third kappa shape index (κ3) is 4.73. The molecule has 0 saturated carbocycles. The van der Waals surface area contributed by atoms with Crippen LogP contribution in [0.2, 0.25) is 0 Å². The summed E-state index contributed by atoms with van der Waals surface area (Å²) in [4.78, 5) is 29.6. The van der Waals surface area contributed by atoms with Crippen molar-refractivity contribution in [2.45, 2.75) is 58.3 Å². The van der Waals surface area contributed by atoms with Gasteiger partial charge in [0.05, 0.1) is 12.1 Å². The van der Waals surface area contributed by atoms with Crippen molar-refractivity contribution in [2.75, 3.05) is 25.0 Å². The van der Waals surface area contributed by atoms with Gasteiger partial charge in [-0.3, -0.25) is 14.6 Å². The van der Waals surface area contributed by atoms with Crippen LogP contribution in [-0.2, 0) is 9.53 Å². The zero-order chi connectivity index (χ0) is 23.8. The van der Waals surface area contributed by atoms with Crippen LogP contribution in [0.3, 0.4) is 0 Å². The van der Waals surface area contributed by atoms with Gasteiger partial charge in [0.1, 0.15) is 16.7 Å². The first-order chi connectivity index (χ1) is 15.7. The number of nitrogens with one attached hydrogen (secondary N) is 1. The van der Waals surface area contributed by atoms with Crippen LogP contribution < -0.4 is 5.32 Å². The van der Waals surface area contributed by atoms with E-state index in [0.29, 0.717) is 30.4 Å². The number of amides is 2. The molecule has 0 bridgehead atoms. The molecule has 2 aromatic rings. The lowest BCUT2D eigenvalue weighted by molar-refractivity contribution is -0.128. The van der Waals surface area contributed by atoms with E-state index in [1.807, 2.05) is 58.0 Å². The van der Waals surface area contributed by atoms with E-state index in [2.05, 4.69) is 19.8 Å². The number of benzene rings is 1. The van der Waals surface area contributed by atoms with Gasteiger partial charge in [-0.05, 0) is 18.8 Å². The Morgan fingerprint density at radius 1 is 1.24 bits per heavy atom. The number of hydrogen-bond donors (Lipinski definition) is 2. The van der Waals surface area contributed by atoms with Crippen LogP contribution in [0.15, 0.2) is 30.3 Å². The molecule has 1 aromatic heterocycles. The highest BCUT2D eigenvalue weighted by molar-refractivity contribution is 7.10. The third-order valence-electron chi connectivity index (χ3n) is 6.40. The van der Waals surface area contributed by atoms with Gasteiger partial charge in [-0.25, -0.2) is 4.79 Å². The van der Waals surface area contributed by atoms with Gasteiger partial charge in [0.25, 0.3) is 0 Å². The van der Waals surface area contributed by atoms with Crippen LogP contribution in [-0.4, -0.2) is 80.4 Å². The summed E-state index contributed by atoms with van der Waals surface area (Å²) < 4.78 is 9.88. The van der Waals surface area contributed by atoms with E-state index in [1.54, 1.807) is 0 Å². The Morgan fingerprint density at radius 2 is 1.97 bits per heavy atom. The van der Waals surface area contributed by atoms with E-state index < -0.39 is 12.1 Å². The molecule has 4 atom stereocenters. The van der Waals surface area contributed by atoms with Gasteiger partial charge in [0.15, 0.2) is 0 Å². The lowest BCUT2D eigenvalue weighted by Crippen LogP contribution is -2.69. The molecule has 4 rings (SSSR count). The summed E-state index contributed by atoms with van der Waals surface area (Å²) in [6.45, 7) is 9.68. The molecule has 2 fully saturated rings. The van der Waals surface area contributed by atoms with Gasteiger partial charge in [0, 0.05) is 42.8 Å². The Morgan fingerprint density at radius 3 is 2.61 bits per heavy atom. The van der Waals surface area contributed by atoms with Crippen LogP contribution >= 0.6 is 11.5 Å². The standard InChI is InChI=1S/C23H31N5O4S/c1-5-32-15-11-16-19(23(2,3)4)28(22(30)31)17(13-27(16)12-15)20(29)24-21-18(25-26-33-21)14-9-7-6-8-10-14/h6-10,15-17,19H,5,11-13H2,1-4H3,(H,24,29)(H,30,31)/t15-,16-,17+,19?/m1/s1. The zero-order valence-corrected chi connectivity index (χ0v) is 20.2. The number of anilines is 1. The van der Waals surface area contributed by atoms with Gasteiger partial charge in [-0.2, -0.15) is 0 Å². The highest BCUT2D eigenvalue weighted by atomic mass is 32.1. The fourth-order valence-corrected chi connectivity index (χ4v) is 5.78. The van der Waals surface area contributed by atoms with E-state index in [4.69, 9.17) is 4.74 Å². The highest BCUT2D eigenvalue weighted by Gasteiger charge is 2.54. The second-order valence-electron chi connectivity index (χ2n) is 9.66. The molecule has 1 aromatic carbocycles. The molecule has 2 aliphatic rings. The Balaban J connectivity index is 1.63. The van der Waals surface area contributed by atoms with Crippen LogP contribution in [0.5, 0.6) is 0 Å². The monoisotopic (exact) mass is 473 g/mol. The van der Waals surface area contributed by atoms with E-state index in [1.165, 1.54) is 4.90 Å². The predicted molar refractivity (Wildman–Crippen MR) is 126 cm³/mol. The van der Waals surface area contributed by atoms with Gasteiger partial charge in [-0.15, -0.1) is 5.10 Å². The van der Waals surface area contributed by atoms with E-state index in [0.717, 1.165) is 23.5 Å². The van der Waals surface area contributed by atoms with E-state index >= 15 is 0 Å². The van der Waals surface area contributed by atoms with Crippen LogP contribution in [0.25, 0.3) is 11.3 Å². The molecular weight excluding hydrogens is 442 g/mol. The van der Waals surface area contributed by atoms with Gasteiger partial charge < -0.3 is 15.2 Å². The van der Waals surface area contributed by atoms with Crippen molar-refractivity contribution in [2.24, 2.45) is 5.41 Å². The number of carboxylic acid groups (broad SMARTS) is 1. The number of fused-ring (bicyclic) bond motifs is 1. The Bertz CT molecular complexity index is 992. The summed E-state index contributed by atoms with van der Waals surface area (Å²) in [6.07, 6.45) is -0.289. The van der Waals surface area contributed by atoms with Crippen LogP contribution in [0.4, 0.5) is 9.80 Å². The molecular formula is C23H31N5O4S. The van der Waals surface area contributed by atoms with E-state index in [-0.39, 0.29) is 29.5 Å². The number of rotatable bonds is 5. The third-order valence-corrected chi connectivity index (χ3v) is 7.05. The number of aromatic nitrogens is 2. The first kappa shape index (κ1) is 23.6. The second-order valence-corrected chi connectivity index (χ2v) is 10.4. The number of ether oxygens (including phenoxy) is 1. The molecule has 2 saturated heterocycles. The first-order valence-corrected chi connectivity index (χ1v) is 12.0. The minimum absolute atomic E-state index is 0.00616. The fraction of sp³-hybridized carbons (Fsp3) is 0.565. The maximum atomic E-state index is 13.5. The van der Waals surface area contributed by atoms with Crippen LogP contribution in [0, 0.1) is 5.41 Å². The number of carbonyl (C=O) groups is 2. The van der Waals surface area contributed by atoms with Crippen molar-refractivity contribution in [1.29, 1.82) is 0 Å². The summed E-state index contributed by atoms with van der Waals surface area (Å²) in [5.74, 6) is -0.367. The molecule has 0 spiro atoms. The maximum absolute atomic E-state index is 13.5. The van der Waals surface area contributed by atoms with Crippen molar-refractivity contribution in [3.63, 3.8) is 0 Å². The first-order valence-electron chi connectivity index (χ1n) is 11.3. The Labute approximate surface area is 197 Å². The lowest BCUT2D eigenvalue weighted by Gasteiger charge is -2.52. The van der Waals surface area contributed by atoms with Gasteiger partial charge >= 0.3 is 6.09 Å². The normalized spacial score (nSPS) is 25.6. The summed E-state index contributed by atoms with van der Waals surface area (Å²) >= 11 is 1.09. The van der Waals surface area contributed by atoms with Crippen molar-refractivity contribution < 1.29 is 19.4 Å². The van der Waals surface area contributed by atoms with Gasteiger partial charge in [0.2, 0.25) is 5.91 Å². The van der Waals surface area contributed by atoms with Crippen molar-refractivity contribution in [3.05, 3.63) is 30.3 Å². The molecule has 0 aliphatic carbocycles. The van der Waals surface area contributed by atoms with E-state index in [9.17, 15) is 14.7 Å². The second kappa shape index (κ2) is 9.36. The van der Waals surface area contributed by atoms with Gasteiger partial charge in [-0.1, -0.05) is 55.6 Å². The highest BCUT2D eigenvalue weighted by Crippen LogP contribution is 2.40. The Kier molecular flexibility index (Phi) is 6.69. The molecule has 3 heterocycles. The maximum Gasteiger partial charge on any atom is 0.408 e. The number of hydrogen-bond acceptors (Lipinski definition) is 7. The summed E-state index contributed by atoms with van der Waals surface area (Å²) in [5.41, 5.74) is 1.06. The average Bonchev–Trinajstić information content (AvgIpc) is 3.38. The van der Waals surface area contributed by atoms with Crippen LogP contribution in [0.1, 0.15) is 34.1 Å². The zero-order valence-electron chi connectivity index (χ0n) is 19.4. The lowest BCUT2D eigenvalue weighted by atomic mass is 9.78. The summed E-state index contributed by atoms with van der Waals surface area (Å²) in [6, 6.07) is 8.29. The fourth-order valence-electron chi connectivity index (χ4n) is 5.18.